The van der Waals surface area contributed by atoms with Crippen LogP contribution in [-0.4, -0.2) is 24.3 Å². The smallest absolute Gasteiger partial charge is 0.311 e. The van der Waals surface area contributed by atoms with Crippen molar-refractivity contribution >= 4 is 5.97 Å². The molecule has 0 aliphatic heterocycles. The third kappa shape index (κ3) is 2.62. The van der Waals surface area contributed by atoms with Crippen LogP contribution in [0.3, 0.4) is 0 Å². The molecular formula is C21H36O3. The Balaban J connectivity index is 1.91. The molecular weight excluding hydrogens is 300 g/mol. The molecule has 24 heavy (non-hydrogen) atoms. The van der Waals surface area contributed by atoms with Gasteiger partial charge in [-0.15, -0.1) is 0 Å². The van der Waals surface area contributed by atoms with Crippen molar-refractivity contribution in [3.05, 3.63) is 0 Å². The van der Waals surface area contributed by atoms with Crippen molar-refractivity contribution in [2.24, 2.45) is 40.4 Å². The summed E-state index contributed by atoms with van der Waals surface area (Å²) in [5.41, 5.74) is -0.254. The van der Waals surface area contributed by atoms with Gasteiger partial charge in [0.25, 0.3) is 0 Å². The van der Waals surface area contributed by atoms with E-state index in [0.717, 1.165) is 25.2 Å². The van der Waals surface area contributed by atoms with Crippen LogP contribution in [0, 0.1) is 40.4 Å². The van der Waals surface area contributed by atoms with Crippen LogP contribution in [0.2, 0.25) is 0 Å². The van der Waals surface area contributed by atoms with Gasteiger partial charge in [-0.2, -0.15) is 0 Å². The van der Waals surface area contributed by atoms with Gasteiger partial charge in [0.1, 0.15) is 0 Å². The van der Waals surface area contributed by atoms with Crippen LogP contribution in [0.25, 0.3) is 0 Å². The average molecular weight is 337 g/mol. The molecule has 3 rings (SSSR count). The third-order valence-electron chi connectivity index (χ3n) is 8.33. The Kier molecular flexibility index (Phi) is 4.79. The first-order valence-electron chi connectivity index (χ1n) is 10.0. The van der Waals surface area contributed by atoms with E-state index in [0.29, 0.717) is 17.8 Å². The first-order valence-corrected chi connectivity index (χ1v) is 10.0. The highest BCUT2D eigenvalue weighted by atomic mass is 16.5. The fourth-order valence-corrected chi connectivity index (χ4v) is 6.87. The van der Waals surface area contributed by atoms with E-state index in [1.807, 2.05) is 0 Å². The van der Waals surface area contributed by atoms with Crippen molar-refractivity contribution in [2.75, 3.05) is 7.11 Å². The Labute approximate surface area is 147 Å². The largest absolute Gasteiger partial charge is 0.469 e. The molecule has 0 spiro atoms. The van der Waals surface area contributed by atoms with Gasteiger partial charge in [-0.1, -0.05) is 27.2 Å². The van der Waals surface area contributed by atoms with Crippen LogP contribution in [-0.2, 0) is 9.53 Å². The van der Waals surface area contributed by atoms with E-state index in [4.69, 9.17) is 4.74 Å². The molecule has 0 amide bonds. The molecule has 0 radical (unpaired) electrons. The minimum Gasteiger partial charge on any atom is -0.469 e. The van der Waals surface area contributed by atoms with Crippen molar-refractivity contribution in [2.45, 2.75) is 78.7 Å². The molecule has 0 aromatic carbocycles. The molecule has 1 N–H and O–H groups in total. The zero-order chi connectivity index (χ0) is 17.7. The molecule has 3 aliphatic carbocycles. The predicted octanol–water partition coefficient (Wildman–Crippen LogP) is 4.43. The summed E-state index contributed by atoms with van der Waals surface area (Å²) in [4.78, 5) is 12.6. The van der Waals surface area contributed by atoms with Crippen LogP contribution in [0.15, 0.2) is 0 Å². The Hall–Kier alpha value is -0.570. The SMILES string of the molecule is COC(=O)C1(C)CCCC2(C)C3CCC(C(C)C)CC3C(O)CC12. The van der Waals surface area contributed by atoms with Crippen LogP contribution in [0.4, 0.5) is 0 Å². The first-order chi connectivity index (χ1) is 11.2. The average Bonchev–Trinajstić information content (AvgIpc) is 2.56. The van der Waals surface area contributed by atoms with E-state index in [9.17, 15) is 9.90 Å². The lowest BCUT2D eigenvalue weighted by molar-refractivity contribution is -0.190. The molecule has 3 fully saturated rings. The summed E-state index contributed by atoms with van der Waals surface area (Å²) in [7, 11) is 1.51. The van der Waals surface area contributed by atoms with E-state index < -0.39 is 5.41 Å². The van der Waals surface area contributed by atoms with Gasteiger partial charge in [-0.25, -0.2) is 0 Å². The molecule has 0 saturated heterocycles. The Morgan fingerprint density at radius 1 is 1.17 bits per heavy atom. The summed E-state index contributed by atoms with van der Waals surface area (Å²) in [6.07, 6.45) is 7.39. The van der Waals surface area contributed by atoms with E-state index >= 15 is 0 Å². The predicted molar refractivity (Wildman–Crippen MR) is 95.4 cm³/mol. The van der Waals surface area contributed by atoms with Gasteiger partial charge in [0, 0.05) is 0 Å². The highest BCUT2D eigenvalue weighted by molar-refractivity contribution is 5.77. The summed E-state index contributed by atoms with van der Waals surface area (Å²) in [5, 5.41) is 11.0. The number of esters is 1. The van der Waals surface area contributed by atoms with E-state index in [1.54, 1.807) is 0 Å². The maximum Gasteiger partial charge on any atom is 0.311 e. The lowest BCUT2D eigenvalue weighted by Gasteiger charge is -2.62. The minimum atomic E-state index is -0.428. The molecule has 7 atom stereocenters. The second kappa shape index (κ2) is 6.30. The van der Waals surface area contributed by atoms with Crippen molar-refractivity contribution in [1.29, 1.82) is 0 Å². The molecule has 3 aliphatic rings. The Morgan fingerprint density at radius 2 is 1.88 bits per heavy atom. The highest BCUT2D eigenvalue weighted by Crippen LogP contribution is 2.64. The van der Waals surface area contributed by atoms with Gasteiger partial charge in [0.15, 0.2) is 0 Å². The number of hydrogen-bond acceptors (Lipinski definition) is 3. The van der Waals surface area contributed by atoms with Gasteiger partial charge < -0.3 is 9.84 Å². The summed E-state index contributed by atoms with van der Waals surface area (Å²) < 4.78 is 5.19. The standard InChI is InChI=1S/C21H36O3/c1-13(2)14-7-8-16-15(11-14)17(22)12-18-20(16,3)9-6-10-21(18,4)19(23)24-5/h13-18,22H,6-12H2,1-5H3. The van der Waals surface area contributed by atoms with Crippen molar-refractivity contribution in [3.8, 4) is 0 Å². The van der Waals surface area contributed by atoms with E-state index in [1.165, 1.54) is 32.8 Å². The van der Waals surface area contributed by atoms with Gasteiger partial charge in [-0.3, -0.25) is 4.79 Å². The second-order valence-electron chi connectivity index (χ2n) is 9.71. The number of aliphatic hydroxyl groups excluding tert-OH is 1. The maximum absolute atomic E-state index is 12.6. The molecule has 0 aromatic heterocycles. The molecule has 0 heterocycles. The zero-order valence-electron chi connectivity index (χ0n) is 16.2. The second-order valence-corrected chi connectivity index (χ2v) is 9.71. The topological polar surface area (TPSA) is 46.5 Å². The quantitative estimate of drug-likeness (QED) is 0.759. The van der Waals surface area contributed by atoms with E-state index in [-0.39, 0.29) is 23.4 Å². The zero-order valence-corrected chi connectivity index (χ0v) is 16.2. The van der Waals surface area contributed by atoms with Gasteiger partial charge in [0.2, 0.25) is 0 Å². The number of carbonyl (C=O) groups excluding carboxylic acids is 1. The van der Waals surface area contributed by atoms with Crippen LogP contribution in [0.5, 0.6) is 0 Å². The summed E-state index contributed by atoms with van der Waals surface area (Å²) in [6.45, 7) is 9.14. The number of carbonyl (C=O) groups is 1. The molecule has 3 saturated carbocycles. The monoisotopic (exact) mass is 336 g/mol. The normalized spacial score (nSPS) is 48.5. The van der Waals surface area contributed by atoms with Crippen LogP contribution >= 0.6 is 0 Å². The van der Waals surface area contributed by atoms with Gasteiger partial charge in [0.05, 0.1) is 18.6 Å². The van der Waals surface area contributed by atoms with Gasteiger partial charge >= 0.3 is 5.97 Å². The van der Waals surface area contributed by atoms with Crippen LogP contribution < -0.4 is 0 Å². The minimum absolute atomic E-state index is 0.0695. The van der Waals surface area contributed by atoms with Gasteiger partial charge in [-0.05, 0) is 80.5 Å². The fraction of sp³-hybridized carbons (Fsp3) is 0.952. The number of methoxy groups -OCH3 is 1. The molecule has 0 aromatic rings. The number of rotatable bonds is 2. The van der Waals surface area contributed by atoms with Crippen molar-refractivity contribution in [3.63, 3.8) is 0 Å². The van der Waals surface area contributed by atoms with Crippen molar-refractivity contribution < 1.29 is 14.6 Å². The molecule has 0 bridgehead atoms. The lowest BCUT2D eigenvalue weighted by Crippen LogP contribution is -2.59. The molecule has 138 valence electrons. The molecule has 3 heteroatoms. The maximum atomic E-state index is 12.6. The lowest BCUT2D eigenvalue weighted by atomic mass is 9.43. The summed E-state index contributed by atoms with van der Waals surface area (Å²) in [6, 6.07) is 0. The first kappa shape index (κ1) is 18.2. The van der Waals surface area contributed by atoms with Crippen molar-refractivity contribution in [1.82, 2.24) is 0 Å². The highest BCUT2D eigenvalue weighted by Gasteiger charge is 2.61. The summed E-state index contributed by atoms with van der Waals surface area (Å²) >= 11 is 0. The van der Waals surface area contributed by atoms with Crippen LogP contribution in [0.1, 0.15) is 72.6 Å². The molecule has 7 unspecified atom stereocenters. The third-order valence-corrected chi connectivity index (χ3v) is 8.33. The molecule has 3 nitrogen and oxygen atoms in total. The number of ether oxygens (including phenoxy) is 1. The van der Waals surface area contributed by atoms with E-state index in [2.05, 4.69) is 27.7 Å². The number of hydrogen-bond donors (Lipinski definition) is 1. The summed E-state index contributed by atoms with van der Waals surface area (Å²) in [5.74, 6) is 2.61. The fourth-order valence-electron chi connectivity index (χ4n) is 6.87. The Morgan fingerprint density at radius 3 is 2.50 bits per heavy atom. The Bertz CT molecular complexity index is 487. The number of fused-ring (bicyclic) bond motifs is 3. The number of aliphatic hydroxyl groups is 1.